The lowest BCUT2D eigenvalue weighted by atomic mass is 10.2. The molecule has 0 spiro atoms. The van der Waals surface area contributed by atoms with Crippen LogP contribution in [-0.2, 0) is 14.8 Å². The summed E-state index contributed by atoms with van der Waals surface area (Å²) in [6, 6.07) is -0.145. The summed E-state index contributed by atoms with van der Waals surface area (Å²) in [6.07, 6.45) is 10.8. The number of hydrogen-bond donors (Lipinski definition) is 2. The van der Waals surface area contributed by atoms with E-state index in [0.29, 0.717) is 13.0 Å². The Morgan fingerprint density at radius 2 is 2.25 bits per heavy atom. The molecular weight excluding hydrogens is 210 g/mol. The Morgan fingerprint density at radius 1 is 1.44 bits per heavy atom. The van der Waals surface area contributed by atoms with Gasteiger partial charge in [-0.15, -0.1) is 11.6 Å². The summed E-state index contributed by atoms with van der Waals surface area (Å²) in [7, 11) is 1.44. The van der Waals surface area contributed by atoms with Gasteiger partial charge in [-0.3, -0.25) is 0 Å². The van der Waals surface area contributed by atoms with E-state index < -0.39 is 0 Å². The molecular formula is C11H19NO4. The summed E-state index contributed by atoms with van der Waals surface area (Å²) in [5, 5.41) is 8.29. The van der Waals surface area contributed by atoms with Crippen LogP contribution in [0.5, 0.6) is 0 Å². The van der Waals surface area contributed by atoms with E-state index in [4.69, 9.17) is 10.1 Å². The molecule has 0 saturated carbocycles. The van der Waals surface area contributed by atoms with Crippen molar-refractivity contribution >= 4 is 0 Å². The first-order chi connectivity index (χ1) is 7.85. The lowest BCUT2D eigenvalue weighted by molar-refractivity contribution is -0.302. The smallest absolute Gasteiger partial charge is 0.0841 e. The zero-order chi connectivity index (χ0) is 12.1. The molecule has 92 valence electrons. The fraction of sp³-hybridized carbons (Fsp3) is 0.455. The predicted octanol–water partition coefficient (Wildman–Crippen LogP) is 2.01. The zero-order valence-electron chi connectivity index (χ0n) is 9.46. The number of hydroxylamine groups is 1. The highest BCUT2D eigenvalue weighted by Crippen LogP contribution is 1.96. The average molecular weight is 229 g/mol. The van der Waals surface area contributed by atoms with Crippen molar-refractivity contribution in [2.75, 3.05) is 13.7 Å². The van der Waals surface area contributed by atoms with Crippen LogP contribution in [0.3, 0.4) is 0 Å². The van der Waals surface area contributed by atoms with Crippen molar-refractivity contribution in [1.82, 2.24) is 5.48 Å². The van der Waals surface area contributed by atoms with E-state index in [9.17, 15) is 0 Å². The SMILES string of the molecule is C=CC/C=C\C=C\[C@H](CCOOC)NOO. The Morgan fingerprint density at radius 3 is 2.88 bits per heavy atom. The van der Waals surface area contributed by atoms with Gasteiger partial charge in [-0.25, -0.2) is 15.0 Å². The maximum absolute atomic E-state index is 8.29. The van der Waals surface area contributed by atoms with E-state index in [1.807, 2.05) is 30.4 Å². The molecule has 0 amide bonds. The third-order valence-electron chi connectivity index (χ3n) is 1.73. The Bertz CT molecular complexity index is 216. The van der Waals surface area contributed by atoms with Crippen molar-refractivity contribution in [2.24, 2.45) is 0 Å². The average Bonchev–Trinajstić information content (AvgIpc) is 2.29. The van der Waals surface area contributed by atoms with Crippen LogP contribution >= 0.6 is 0 Å². The van der Waals surface area contributed by atoms with Gasteiger partial charge in [0.2, 0.25) is 0 Å². The van der Waals surface area contributed by atoms with Gasteiger partial charge in [0.15, 0.2) is 0 Å². The van der Waals surface area contributed by atoms with Crippen LogP contribution in [0.2, 0.25) is 0 Å². The number of rotatable bonds is 10. The molecule has 0 aromatic heterocycles. The molecule has 0 aliphatic carbocycles. The van der Waals surface area contributed by atoms with Crippen LogP contribution in [0.1, 0.15) is 12.8 Å². The topological polar surface area (TPSA) is 60.0 Å². The lowest BCUT2D eigenvalue weighted by Crippen LogP contribution is -2.27. The molecule has 0 fully saturated rings. The van der Waals surface area contributed by atoms with Crippen molar-refractivity contribution in [3.8, 4) is 0 Å². The van der Waals surface area contributed by atoms with Crippen molar-refractivity contribution in [3.05, 3.63) is 37.0 Å². The monoisotopic (exact) mass is 229 g/mol. The van der Waals surface area contributed by atoms with Crippen LogP contribution in [0, 0.1) is 0 Å². The minimum Gasteiger partial charge on any atom is -0.240 e. The van der Waals surface area contributed by atoms with Crippen LogP contribution in [0.25, 0.3) is 0 Å². The van der Waals surface area contributed by atoms with Gasteiger partial charge in [-0.2, -0.15) is 5.48 Å². The number of nitrogens with one attached hydrogen (secondary N) is 1. The highest BCUT2D eigenvalue weighted by Gasteiger charge is 2.03. The Kier molecular flexibility index (Phi) is 11.4. The second-order valence-electron chi connectivity index (χ2n) is 2.93. The molecule has 0 radical (unpaired) electrons. The second-order valence-corrected chi connectivity index (χ2v) is 2.93. The van der Waals surface area contributed by atoms with Crippen molar-refractivity contribution in [2.45, 2.75) is 18.9 Å². The van der Waals surface area contributed by atoms with Crippen LogP contribution in [0.15, 0.2) is 37.0 Å². The summed E-state index contributed by atoms with van der Waals surface area (Å²) in [6.45, 7) is 4.00. The summed E-state index contributed by atoms with van der Waals surface area (Å²) < 4.78 is 0. The first-order valence-corrected chi connectivity index (χ1v) is 5.01. The third-order valence-corrected chi connectivity index (χ3v) is 1.73. The van der Waals surface area contributed by atoms with Gasteiger partial charge in [-0.1, -0.05) is 30.4 Å². The second kappa shape index (κ2) is 12.1. The molecule has 0 saturated heterocycles. The molecule has 0 aromatic carbocycles. The maximum Gasteiger partial charge on any atom is 0.0841 e. The van der Waals surface area contributed by atoms with E-state index >= 15 is 0 Å². The minimum absolute atomic E-state index is 0.145. The molecule has 0 rings (SSSR count). The molecule has 0 heterocycles. The van der Waals surface area contributed by atoms with Crippen molar-refractivity contribution in [1.29, 1.82) is 0 Å². The first kappa shape index (κ1) is 15.0. The number of hydrogen-bond acceptors (Lipinski definition) is 5. The normalized spacial score (nSPS) is 13.6. The molecule has 16 heavy (non-hydrogen) atoms. The van der Waals surface area contributed by atoms with E-state index in [2.05, 4.69) is 21.9 Å². The molecule has 0 aliphatic heterocycles. The van der Waals surface area contributed by atoms with Gasteiger partial charge in [0.25, 0.3) is 0 Å². The quantitative estimate of drug-likeness (QED) is 0.197. The molecule has 5 nitrogen and oxygen atoms in total. The van der Waals surface area contributed by atoms with Crippen LogP contribution < -0.4 is 5.48 Å². The molecule has 5 heteroatoms. The lowest BCUT2D eigenvalue weighted by Gasteiger charge is -2.10. The van der Waals surface area contributed by atoms with Gasteiger partial charge >= 0.3 is 0 Å². The standard InChI is InChI=1S/C11H19NO4/c1-3-4-5-6-7-8-11(12-16-13)9-10-15-14-2/h3,5-8,11-13H,1,4,9-10H2,2H3/b6-5-,8-7+/t11-/m1/s1. The predicted molar refractivity (Wildman–Crippen MR) is 61.3 cm³/mol. The third kappa shape index (κ3) is 9.57. The fourth-order valence-electron chi connectivity index (χ4n) is 0.972. The minimum atomic E-state index is -0.145. The summed E-state index contributed by atoms with van der Waals surface area (Å²) in [5.74, 6) is 0. The summed E-state index contributed by atoms with van der Waals surface area (Å²) >= 11 is 0. The first-order valence-electron chi connectivity index (χ1n) is 5.01. The van der Waals surface area contributed by atoms with Gasteiger partial charge in [0.1, 0.15) is 0 Å². The van der Waals surface area contributed by atoms with Crippen LogP contribution in [0.4, 0.5) is 0 Å². The summed E-state index contributed by atoms with van der Waals surface area (Å²) in [4.78, 5) is 13.0. The van der Waals surface area contributed by atoms with Gasteiger partial charge in [0, 0.05) is 0 Å². The van der Waals surface area contributed by atoms with E-state index in [1.54, 1.807) is 0 Å². The maximum atomic E-state index is 8.29. The van der Waals surface area contributed by atoms with E-state index in [-0.39, 0.29) is 6.04 Å². The Balaban J connectivity index is 3.85. The van der Waals surface area contributed by atoms with E-state index in [1.165, 1.54) is 7.11 Å². The van der Waals surface area contributed by atoms with Gasteiger partial charge in [-0.05, 0) is 12.8 Å². The van der Waals surface area contributed by atoms with Crippen LogP contribution in [-0.4, -0.2) is 25.0 Å². The van der Waals surface area contributed by atoms with Gasteiger partial charge in [0.05, 0.1) is 19.8 Å². The summed E-state index contributed by atoms with van der Waals surface area (Å²) in [5.41, 5.74) is 2.41. The van der Waals surface area contributed by atoms with Crippen molar-refractivity contribution < 1.29 is 20.0 Å². The molecule has 2 N–H and O–H groups in total. The molecule has 0 unspecified atom stereocenters. The Hall–Kier alpha value is -0.980. The fourth-order valence-corrected chi connectivity index (χ4v) is 0.972. The van der Waals surface area contributed by atoms with E-state index in [0.717, 1.165) is 6.42 Å². The van der Waals surface area contributed by atoms with Gasteiger partial charge < -0.3 is 0 Å². The van der Waals surface area contributed by atoms with Crippen molar-refractivity contribution in [3.63, 3.8) is 0 Å². The molecule has 0 bridgehead atoms. The Labute approximate surface area is 95.8 Å². The molecule has 0 aromatic rings. The highest BCUT2D eigenvalue weighted by molar-refractivity contribution is 5.07. The number of allylic oxidation sites excluding steroid dienone is 4. The highest BCUT2D eigenvalue weighted by atomic mass is 17.2. The zero-order valence-corrected chi connectivity index (χ0v) is 9.46. The largest absolute Gasteiger partial charge is 0.240 e. The molecule has 1 atom stereocenters. The molecule has 0 aliphatic rings.